The molecule has 8 aromatic rings. The fourth-order valence-electron chi connectivity index (χ4n) is 7.56. The van der Waals surface area contributed by atoms with E-state index in [1.54, 1.807) is 0 Å². The highest BCUT2D eigenvalue weighted by Gasteiger charge is 2.17. The van der Waals surface area contributed by atoms with Crippen molar-refractivity contribution in [3.63, 3.8) is 0 Å². The number of benzene rings is 8. The van der Waals surface area contributed by atoms with Crippen molar-refractivity contribution in [2.24, 2.45) is 0 Å². The van der Waals surface area contributed by atoms with Gasteiger partial charge in [-0.2, -0.15) is 0 Å². The van der Waals surface area contributed by atoms with Gasteiger partial charge in [0.15, 0.2) is 0 Å². The van der Waals surface area contributed by atoms with Gasteiger partial charge in [-0.3, -0.25) is 0 Å². The third-order valence-corrected chi connectivity index (χ3v) is 10.5. The Morgan fingerprint density at radius 2 is 0.527 bits per heavy atom. The summed E-state index contributed by atoms with van der Waals surface area (Å²) in [5.41, 5.74) is 20.3. The normalized spacial score (nSPS) is 11.0. The lowest BCUT2D eigenvalue weighted by Crippen LogP contribution is -2.11. The van der Waals surface area contributed by atoms with Crippen LogP contribution in [0.2, 0.25) is 0 Å². The second kappa shape index (κ2) is 15.4. The van der Waals surface area contributed by atoms with Crippen LogP contribution in [0.4, 0.5) is 34.1 Å². The summed E-state index contributed by atoms with van der Waals surface area (Å²) in [5.74, 6) is 0. The quantitative estimate of drug-likeness (QED) is 0.147. The van der Waals surface area contributed by atoms with E-state index in [9.17, 15) is 0 Å². The minimum absolute atomic E-state index is 1.12. The molecule has 0 atom stereocenters. The first-order valence-corrected chi connectivity index (χ1v) is 19.1. The fraction of sp³-hybridized carbons (Fsp3) is 0.0943. The molecule has 0 bridgehead atoms. The van der Waals surface area contributed by atoms with Gasteiger partial charge in [-0.15, -0.1) is 0 Å². The van der Waals surface area contributed by atoms with E-state index in [1.807, 2.05) is 0 Å². The lowest BCUT2D eigenvalue weighted by atomic mass is 10.0. The maximum absolute atomic E-state index is 2.37. The van der Waals surface area contributed by atoms with Crippen molar-refractivity contribution >= 4 is 34.1 Å². The molecule has 0 aliphatic heterocycles. The fourth-order valence-corrected chi connectivity index (χ4v) is 7.56. The van der Waals surface area contributed by atoms with Crippen LogP contribution in [0.1, 0.15) is 27.8 Å². The highest BCUT2D eigenvalue weighted by atomic mass is 15.1. The molecule has 0 amide bonds. The van der Waals surface area contributed by atoms with E-state index in [-0.39, 0.29) is 0 Å². The van der Waals surface area contributed by atoms with Gasteiger partial charge in [0, 0.05) is 34.1 Å². The first kappa shape index (κ1) is 35.4. The van der Waals surface area contributed by atoms with Crippen LogP contribution in [-0.4, -0.2) is 0 Å². The molecule has 0 saturated heterocycles. The summed E-state index contributed by atoms with van der Waals surface area (Å²) in [6.45, 7) is 10.8. The maximum atomic E-state index is 2.37. The summed E-state index contributed by atoms with van der Waals surface area (Å²) < 4.78 is 0. The molecule has 8 rings (SSSR count). The Balaban J connectivity index is 1.11. The van der Waals surface area contributed by atoms with Crippen LogP contribution < -0.4 is 9.80 Å². The highest BCUT2D eigenvalue weighted by molar-refractivity contribution is 5.83. The molecule has 0 spiro atoms. The SMILES string of the molecule is Cc1ccc(-c2ccc(N(c3ccc(-c4ccc(N(c5ccc(-c6ccccc6)cc5)c5ccc(C)cc5C)cc4)cc3)c3ccc(C)cc3C)cc2)cc1. The summed E-state index contributed by atoms with van der Waals surface area (Å²) in [6.07, 6.45) is 0. The van der Waals surface area contributed by atoms with Gasteiger partial charge in [0.05, 0.1) is 0 Å². The number of hydrogen-bond donors (Lipinski definition) is 0. The van der Waals surface area contributed by atoms with Crippen LogP contribution in [0.15, 0.2) is 188 Å². The largest absolute Gasteiger partial charge is 0.310 e. The van der Waals surface area contributed by atoms with Crippen LogP contribution >= 0.6 is 0 Å². The molecule has 0 fully saturated rings. The predicted molar refractivity (Wildman–Crippen MR) is 236 cm³/mol. The number of rotatable bonds is 9. The molecule has 0 saturated carbocycles. The monoisotopic (exact) mass is 710 g/mol. The molecule has 0 N–H and O–H groups in total. The zero-order valence-electron chi connectivity index (χ0n) is 32.3. The zero-order valence-corrected chi connectivity index (χ0v) is 32.3. The molecule has 0 heterocycles. The Morgan fingerprint density at radius 3 is 0.836 bits per heavy atom. The summed E-state index contributed by atoms with van der Waals surface area (Å²) in [5, 5.41) is 0. The third-order valence-electron chi connectivity index (χ3n) is 10.5. The molecular weight excluding hydrogens is 665 g/mol. The van der Waals surface area contributed by atoms with Gasteiger partial charge in [-0.25, -0.2) is 0 Å². The van der Waals surface area contributed by atoms with Gasteiger partial charge in [0.1, 0.15) is 0 Å². The Morgan fingerprint density at radius 1 is 0.255 bits per heavy atom. The van der Waals surface area contributed by atoms with Crippen LogP contribution in [0.5, 0.6) is 0 Å². The summed E-state index contributed by atoms with van der Waals surface area (Å²) in [4.78, 5) is 4.73. The Labute approximate surface area is 326 Å². The molecule has 268 valence electrons. The van der Waals surface area contributed by atoms with E-state index in [1.165, 1.54) is 72.6 Å². The van der Waals surface area contributed by atoms with Gasteiger partial charge < -0.3 is 9.80 Å². The van der Waals surface area contributed by atoms with Crippen LogP contribution in [0.25, 0.3) is 33.4 Å². The summed E-state index contributed by atoms with van der Waals surface area (Å²) in [6, 6.07) is 68.4. The Kier molecular flexibility index (Phi) is 9.90. The highest BCUT2D eigenvalue weighted by Crippen LogP contribution is 2.41. The van der Waals surface area contributed by atoms with Crippen molar-refractivity contribution in [3.8, 4) is 33.4 Å². The van der Waals surface area contributed by atoms with Gasteiger partial charge in [0.25, 0.3) is 0 Å². The van der Waals surface area contributed by atoms with Crippen molar-refractivity contribution < 1.29 is 0 Å². The van der Waals surface area contributed by atoms with Crippen molar-refractivity contribution in [1.29, 1.82) is 0 Å². The van der Waals surface area contributed by atoms with Crippen molar-refractivity contribution in [1.82, 2.24) is 0 Å². The molecule has 0 radical (unpaired) electrons. The maximum Gasteiger partial charge on any atom is 0.0490 e. The number of nitrogens with zero attached hydrogens (tertiary/aromatic N) is 2. The summed E-state index contributed by atoms with van der Waals surface area (Å²) >= 11 is 0. The number of aryl methyl sites for hydroxylation is 5. The van der Waals surface area contributed by atoms with Crippen LogP contribution in [-0.2, 0) is 0 Å². The Bertz CT molecular complexity index is 2530. The molecule has 2 heteroatoms. The lowest BCUT2D eigenvalue weighted by Gasteiger charge is -2.28. The first-order chi connectivity index (χ1) is 26.8. The number of hydrogen-bond acceptors (Lipinski definition) is 2. The zero-order chi connectivity index (χ0) is 37.9. The van der Waals surface area contributed by atoms with Gasteiger partial charge in [-0.05, 0) is 140 Å². The smallest absolute Gasteiger partial charge is 0.0490 e. The van der Waals surface area contributed by atoms with Crippen molar-refractivity contribution in [2.45, 2.75) is 34.6 Å². The Hall–Kier alpha value is -6.64. The minimum atomic E-state index is 1.12. The minimum Gasteiger partial charge on any atom is -0.310 e. The molecule has 0 unspecified atom stereocenters. The van der Waals surface area contributed by atoms with E-state index in [0.717, 1.165) is 22.7 Å². The van der Waals surface area contributed by atoms with Crippen LogP contribution in [0, 0.1) is 34.6 Å². The topological polar surface area (TPSA) is 6.48 Å². The molecule has 0 aromatic heterocycles. The molecule has 0 aliphatic carbocycles. The average molecular weight is 711 g/mol. The third kappa shape index (κ3) is 7.58. The molecule has 8 aromatic carbocycles. The lowest BCUT2D eigenvalue weighted by molar-refractivity contribution is 1.24. The molecular formula is C53H46N2. The van der Waals surface area contributed by atoms with Gasteiger partial charge >= 0.3 is 0 Å². The number of anilines is 6. The van der Waals surface area contributed by atoms with Gasteiger partial charge in [0.2, 0.25) is 0 Å². The van der Waals surface area contributed by atoms with E-state index in [4.69, 9.17) is 0 Å². The van der Waals surface area contributed by atoms with E-state index in [2.05, 4.69) is 232 Å². The van der Waals surface area contributed by atoms with Crippen molar-refractivity contribution in [3.05, 3.63) is 216 Å². The van der Waals surface area contributed by atoms with Crippen molar-refractivity contribution in [2.75, 3.05) is 9.80 Å². The van der Waals surface area contributed by atoms with E-state index in [0.29, 0.717) is 0 Å². The first-order valence-electron chi connectivity index (χ1n) is 19.1. The molecule has 0 aliphatic rings. The predicted octanol–water partition coefficient (Wildman–Crippen LogP) is 15.2. The molecule has 2 nitrogen and oxygen atoms in total. The van der Waals surface area contributed by atoms with E-state index < -0.39 is 0 Å². The molecule has 55 heavy (non-hydrogen) atoms. The second-order valence-electron chi connectivity index (χ2n) is 14.7. The van der Waals surface area contributed by atoms with Gasteiger partial charge in [-0.1, -0.05) is 144 Å². The van der Waals surface area contributed by atoms with E-state index >= 15 is 0 Å². The van der Waals surface area contributed by atoms with Crippen LogP contribution in [0.3, 0.4) is 0 Å². The summed E-state index contributed by atoms with van der Waals surface area (Å²) in [7, 11) is 0. The standard InChI is InChI=1S/C53H46N2/c1-37-11-15-43(16-12-37)45-19-27-49(28-20-45)55(53-34-14-39(3)36-41(53)5)51-31-23-47(24-32-51)46-21-29-50(30-22-46)54(52-33-13-38(2)35-40(52)4)48-25-17-44(18-26-48)42-9-7-6-8-10-42/h6-36H,1-5H3. The second-order valence-corrected chi connectivity index (χ2v) is 14.7. The average Bonchev–Trinajstić information content (AvgIpc) is 3.21.